The van der Waals surface area contributed by atoms with Crippen LogP contribution in [0.4, 0.5) is 13.6 Å². The normalized spacial score (nSPS) is 16.2. The molecule has 0 aliphatic heterocycles. The first-order valence-electron chi connectivity index (χ1n) is 4.76. The molecule has 1 N–H and O–H groups in total. The highest BCUT2D eigenvalue weighted by atomic mass is 19.3. The smallest absolute Gasteiger partial charge is 0.408 e. The van der Waals surface area contributed by atoms with Crippen molar-refractivity contribution in [3.05, 3.63) is 0 Å². The van der Waals surface area contributed by atoms with Crippen LogP contribution in [0, 0.1) is 0 Å². The topological polar surface area (TPSA) is 55.4 Å². The summed E-state index contributed by atoms with van der Waals surface area (Å²) in [4.78, 5) is 21.9. The highest BCUT2D eigenvalue weighted by Gasteiger charge is 2.48. The number of hydrogen-bond acceptors (Lipinski definition) is 3. The van der Waals surface area contributed by atoms with E-state index in [4.69, 9.17) is 4.74 Å². The molecule has 0 saturated carbocycles. The van der Waals surface area contributed by atoms with Crippen molar-refractivity contribution < 1.29 is 23.1 Å². The second kappa shape index (κ2) is 4.35. The van der Waals surface area contributed by atoms with Gasteiger partial charge < -0.3 is 14.8 Å². The van der Waals surface area contributed by atoms with Crippen LogP contribution in [0.2, 0.25) is 0 Å². The standard InChI is InChI=1S/C10H17F2NO3/c1-8(2,3)16-7(15)13-9(4,6-14)10(5,11)12/h6H,1-5H3,(H,13,15). The molecule has 0 aromatic carbocycles. The quantitative estimate of drug-likeness (QED) is 0.765. The minimum atomic E-state index is -3.37. The van der Waals surface area contributed by atoms with Crippen molar-refractivity contribution in [3.63, 3.8) is 0 Å². The van der Waals surface area contributed by atoms with Crippen molar-refractivity contribution in [1.82, 2.24) is 5.32 Å². The van der Waals surface area contributed by atoms with Crippen LogP contribution >= 0.6 is 0 Å². The summed E-state index contributed by atoms with van der Waals surface area (Å²) >= 11 is 0. The van der Waals surface area contributed by atoms with E-state index in [0.717, 1.165) is 6.92 Å². The van der Waals surface area contributed by atoms with Crippen molar-refractivity contribution >= 4 is 12.4 Å². The molecule has 0 saturated heterocycles. The molecule has 0 bridgehead atoms. The van der Waals surface area contributed by atoms with E-state index in [1.165, 1.54) is 0 Å². The highest BCUT2D eigenvalue weighted by Crippen LogP contribution is 2.26. The van der Waals surface area contributed by atoms with E-state index in [1.54, 1.807) is 20.8 Å². The van der Waals surface area contributed by atoms with Crippen LogP contribution in [0.15, 0.2) is 0 Å². The van der Waals surface area contributed by atoms with Gasteiger partial charge in [0, 0.05) is 6.92 Å². The number of carbonyl (C=O) groups excluding carboxylic acids is 2. The summed E-state index contributed by atoms with van der Waals surface area (Å²) < 4.78 is 30.9. The lowest BCUT2D eigenvalue weighted by Crippen LogP contribution is -2.59. The predicted molar refractivity (Wildman–Crippen MR) is 54.5 cm³/mol. The number of nitrogens with one attached hydrogen (secondary N) is 1. The van der Waals surface area contributed by atoms with E-state index in [-0.39, 0.29) is 6.29 Å². The van der Waals surface area contributed by atoms with Gasteiger partial charge in [-0.3, -0.25) is 0 Å². The number of halogens is 2. The van der Waals surface area contributed by atoms with Gasteiger partial charge in [0.2, 0.25) is 0 Å². The van der Waals surface area contributed by atoms with Crippen LogP contribution in [0.5, 0.6) is 0 Å². The van der Waals surface area contributed by atoms with Gasteiger partial charge in [-0.1, -0.05) is 0 Å². The number of rotatable bonds is 3. The first-order valence-corrected chi connectivity index (χ1v) is 4.76. The predicted octanol–water partition coefficient (Wildman–Crippen LogP) is 2.12. The van der Waals surface area contributed by atoms with Crippen LogP contribution in [0.1, 0.15) is 34.6 Å². The molecule has 0 aromatic rings. The average molecular weight is 237 g/mol. The number of hydrogen-bond donors (Lipinski definition) is 1. The lowest BCUT2D eigenvalue weighted by Gasteiger charge is -2.31. The summed E-state index contributed by atoms with van der Waals surface area (Å²) in [5.74, 6) is -3.37. The molecule has 4 nitrogen and oxygen atoms in total. The van der Waals surface area contributed by atoms with Gasteiger partial charge >= 0.3 is 6.09 Å². The van der Waals surface area contributed by atoms with Gasteiger partial charge in [0.05, 0.1) is 0 Å². The summed E-state index contributed by atoms with van der Waals surface area (Å²) in [6, 6.07) is 0. The van der Waals surface area contributed by atoms with Gasteiger partial charge in [-0.05, 0) is 27.7 Å². The van der Waals surface area contributed by atoms with E-state index in [1.807, 2.05) is 5.32 Å². The molecule has 0 aliphatic carbocycles. The Balaban J connectivity index is 4.70. The molecule has 0 radical (unpaired) electrons. The summed E-state index contributed by atoms with van der Waals surface area (Å²) in [6.45, 7) is 6.27. The molecule has 1 unspecified atom stereocenters. The Bertz CT molecular complexity index is 281. The minimum absolute atomic E-state index is 0.00306. The number of ether oxygens (including phenoxy) is 1. The Morgan fingerprint density at radius 2 is 1.62 bits per heavy atom. The number of carbonyl (C=O) groups is 2. The summed E-state index contributed by atoms with van der Waals surface area (Å²) in [7, 11) is 0. The van der Waals surface area contributed by atoms with Gasteiger partial charge in [-0.25, -0.2) is 13.6 Å². The first-order chi connectivity index (χ1) is 6.91. The SMILES string of the molecule is CC(C)(C)OC(=O)NC(C)(C=O)C(C)(F)F. The summed E-state index contributed by atoms with van der Waals surface area (Å²) in [5.41, 5.74) is -3.08. The molecule has 0 spiro atoms. The van der Waals surface area contributed by atoms with Crippen molar-refractivity contribution in [2.75, 3.05) is 0 Å². The van der Waals surface area contributed by atoms with Crippen LogP contribution in [-0.4, -0.2) is 29.4 Å². The largest absolute Gasteiger partial charge is 0.444 e. The zero-order valence-corrected chi connectivity index (χ0v) is 10.1. The van der Waals surface area contributed by atoms with Crippen molar-refractivity contribution in [1.29, 1.82) is 0 Å². The molecular weight excluding hydrogens is 220 g/mol. The molecule has 1 atom stereocenters. The molecule has 6 heteroatoms. The van der Waals surface area contributed by atoms with E-state index in [2.05, 4.69) is 0 Å². The van der Waals surface area contributed by atoms with Crippen LogP contribution in [-0.2, 0) is 9.53 Å². The molecule has 0 fully saturated rings. The third kappa shape index (κ3) is 4.12. The molecule has 0 rings (SSSR count). The van der Waals surface area contributed by atoms with Gasteiger partial charge in [-0.2, -0.15) is 0 Å². The van der Waals surface area contributed by atoms with Crippen molar-refractivity contribution in [3.8, 4) is 0 Å². The second-order valence-electron chi connectivity index (χ2n) is 4.84. The number of alkyl carbamates (subject to hydrolysis) is 1. The zero-order chi connectivity index (χ0) is 13.2. The molecule has 1 amide bonds. The van der Waals surface area contributed by atoms with E-state index in [0.29, 0.717) is 6.92 Å². The first kappa shape index (κ1) is 14.8. The van der Waals surface area contributed by atoms with E-state index >= 15 is 0 Å². The molecule has 16 heavy (non-hydrogen) atoms. The fourth-order valence-corrected chi connectivity index (χ4v) is 0.758. The molecule has 0 aromatic heterocycles. The number of amides is 1. The van der Waals surface area contributed by atoms with Crippen LogP contribution < -0.4 is 5.32 Å². The molecule has 94 valence electrons. The Morgan fingerprint density at radius 1 is 1.19 bits per heavy atom. The third-order valence-electron chi connectivity index (χ3n) is 1.91. The maximum atomic E-state index is 13.1. The second-order valence-corrected chi connectivity index (χ2v) is 4.84. The lowest BCUT2D eigenvalue weighted by atomic mass is 9.97. The maximum Gasteiger partial charge on any atom is 0.408 e. The Labute approximate surface area is 93.3 Å². The Kier molecular flexibility index (Phi) is 4.02. The monoisotopic (exact) mass is 237 g/mol. The number of aldehydes is 1. The van der Waals surface area contributed by atoms with Crippen LogP contribution in [0.3, 0.4) is 0 Å². The van der Waals surface area contributed by atoms with Crippen molar-refractivity contribution in [2.45, 2.75) is 51.7 Å². The lowest BCUT2D eigenvalue weighted by molar-refractivity contribution is -0.128. The average Bonchev–Trinajstić information content (AvgIpc) is 1.97. The summed E-state index contributed by atoms with van der Waals surface area (Å²) in [6.07, 6.45) is -1.06. The van der Waals surface area contributed by atoms with Crippen LogP contribution in [0.25, 0.3) is 0 Å². The van der Waals surface area contributed by atoms with Gasteiger partial charge in [-0.15, -0.1) is 0 Å². The Hall–Kier alpha value is -1.20. The third-order valence-corrected chi connectivity index (χ3v) is 1.91. The van der Waals surface area contributed by atoms with Crippen molar-refractivity contribution in [2.24, 2.45) is 0 Å². The molecule has 0 heterocycles. The number of alkyl halides is 2. The van der Waals surface area contributed by atoms with E-state index < -0.39 is 23.2 Å². The highest BCUT2D eigenvalue weighted by molar-refractivity contribution is 5.77. The minimum Gasteiger partial charge on any atom is -0.444 e. The fraction of sp³-hybridized carbons (Fsp3) is 0.800. The van der Waals surface area contributed by atoms with E-state index in [9.17, 15) is 18.4 Å². The summed E-state index contributed by atoms with van der Waals surface area (Å²) in [5, 5.41) is 1.86. The maximum absolute atomic E-state index is 13.1. The van der Waals surface area contributed by atoms with Gasteiger partial charge in [0.25, 0.3) is 5.92 Å². The Morgan fingerprint density at radius 3 is 1.88 bits per heavy atom. The fourth-order valence-electron chi connectivity index (χ4n) is 0.758. The van der Waals surface area contributed by atoms with Gasteiger partial charge in [0.15, 0.2) is 11.8 Å². The zero-order valence-electron chi connectivity index (χ0n) is 10.1. The molecular formula is C10H17F2NO3. The van der Waals surface area contributed by atoms with Gasteiger partial charge in [0.1, 0.15) is 5.60 Å². The molecule has 0 aliphatic rings.